The molecule has 0 heterocycles. The Kier molecular flexibility index (Phi) is 4.09. The van der Waals surface area contributed by atoms with Crippen LogP contribution in [0.5, 0.6) is 0 Å². The van der Waals surface area contributed by atoms with Crippen molar-refractivity contribution in [3.8, 4) is 0 Å². The van der Waals surface area contributed by atoms with Crippen molar-refractivity contribution < 1.29 is 30.0 Å². The lowest BCUT2D eigenvalue weighted by molar-refractivity contribution is -0.156. The first-order chi connectivity index (χ1) is 5.54. The van der Waals surface area contributed by atoms with Gasteiger partial charge in [-0.25, -0.2) is 4.79 Å². The highest BCUT2D eigenvalue weighted by Crippen LogP contribution is 1.94. The molecular weight excluding hydrogens is 168 g/mol. The summed E-state index contributed by atoms with van der Waals surface area (Å²) in [7, 11) is 0. The molecule has 0 aliphatic carbocycles. The second-order valence-electron chi connectivity index (χ2n) is 2.00. The van der Waals surface area contributed by atoms with Crippen LogP contribution in [-0.2, 0) is 4.79 Å². The van der Waals surface area contributed by atoms with Crippen molar-refractivity contribution in [3.63, 3.8) is 0 Å². The molecule has 7 nitrogen and oxygen atoms in total. The minimum Gasteiger partial charge on any atom is -0.472 e. The van der Waals surface area contributed by atoms with Crippen LogP contribution >= 0.6 is 0 Å². The molecule has 0 saturated carbocycles. The standard InChI is InChI=1S/C5H8N2O5/c6-7-3(5(11)12)4(10)2(9)1-8/h2,4,6,8-10H,1H2/p+1. The Morgan fingerprint density at radius 3 is 2.25 bits per heavy atom. The van der Waals surface area contributed by atoms with Gasteiger partial charge in [0.05, 0.1) is 16.9 Å². The Bertz CT molecular complexity index is 222. The fourth-order valence-electron chi connectivity index (χ4n) is 0.523. The summed E-state index contributed by atoms with van der Waals surface area (Å²) in [5, 5.41) is 34.3. The molecule has 0 aliphatic heterocycles. The van der Waals surface area contributed by atoms with Crippen LogP contribution in [-0.4, -0.2) is 55.7 Å². The van der Waals surface area contributed by atoms with Crippen molar-refractivity contribution in [2.45, 2.75) is 12.2 Å². The van der Waals surface area contributed by atoms with E-state index in [0.717, 1.165) is 0 Å². The van der Waals surface area contributed by atoms with E-state index in [9.17, 15) is 4.79 Å². The number of carbonyl (C=O) groups is 1. The smallest absolute Gasteiger partial charge is 0.455 e. The van der Waals surface area contributed by atoms with E-state index in [2.05, 4.69) is 4.79 Å². The molecule has 0 spiro atoms. The molecule has 2 unspecified atom stereocenters. The van der Waals surface area contributed by atoms with E-state index in [4.69, 9.17) is 26.0 Å². The van der Waals surface area contributed by atoms with Gasteiger partial charge in [-0.2, -0.15) is 0 Å². The first-order valence-electron chi connectivity index (χ1n) is 2.99. The normalized spacial score (nSPS) is 14.6. The molecule has 0 rings (SSSR count). The first kappa shape index (κ1) is 10.7. The van der Waals surface area contributed by atoms with Crippen LogP contribution in [0.2, 0.25) is 0 Å². The molecule has 0 aromatic heterocycles. The fourth-order valence-corrected chi connectivity index (χ4v) is 0.523. The second kappa shape index (κ2) is 4.58. The topological polar surface area (TPSA) is 136 Å². The lowest BCUT2D eigenvalue weighted by Crippen LogP contribution is -2.41. The van der Waals surface area contributed by atoms with E-state index in [1.165, 1.54) is 0 Å². The van der Waals surface area contributed by atoms with E-state index in [-0.39, 0.29) is 0 Å². The Labute approximate surface area is 67.1 Å². The molecular formula is C5H9N2O5+. The lowest BCUT2D eigenvalue weighted by atomic mass is 10.1. The van der Waals surface area contributed by atoms with Gasteiger partial charge < -0.3 is 20.4 Å². The zero-order chi connectivity index (χ0) is 9.72. The van der Waals surface area contributed by atoms with E-state index in [1.807, 2.05) is 0 Å². The molecule has 12 heavy (non-hydrogen) atoms. The number of nitrogens with zero attached hydrogens (tertiary/aromatic N) is 1. The average molecular weight is 177 g/mol. The van der Waals surface area contributed by atoms with Crippen LogP contribution < -0.4 is 0 Å². The van der Waals surface area contributed by atoms with Crippen molar-refractivity contribution in [2.24, 2.45) is 0 Å². The highest BCUT2D eigenvalue weighted by Gasteiger charge is 2.36. The summed E-state index contributed by atoms with van der Waals surface area (Å²) in [4.78, 5) is 12.7. The monoisotopic (exact) mass is 177 g/mol. The number of rotatable bonds is 4. The van der Waals surface area contributed by atoms with E-state index >= 15 is 0 Å². The van der Waals surface area contributed by atoms with Gasteiger partial charge in [0.25, 0.3) is 0 Å². The van der Waals surface area contributed by atoms with Crippen LogP contribution in [0, 0.1) is 5.53 Å². The highest BCUT2D eigenvalue weighted by atomic mass is 16.4. The van der Waals surface area contributed by atoms with Crippen molar-refractivity contribution >= 4 is 11.7 Å². The first-order valence-corrected chi connectivity index (χ1v) is 2.99. The van der Waals surface area contributed by atoms with Crippen LogP contribution in [0.4, 0.5) is 0 Å². The summed E-state index contributed by atoms with van der Waals surface area (Å²) in [5.41, 5.74) is 5.44. The van der Waals surface area contributed by atoms with Crippen LogP contribution in [0.3, 0.4) is 0 Å². The molecule has 0 radical (unpaired) electrons. The molecule has 0 saturated heterocycles. The molecule has 0 fully saturated rings. The van der Waals surface area contributed by atoms with Gasteiger partial charge in [-0.1, -0.05) is 0 Å². The number of carboxylic acid groups (broad SMARTS) is 1. The average Bonchev–Trinajstić information content (AvgIpc) is 2.03. The minimum absolute atomic E-state index is 0.798. The molecule has 7 heteroatoms. The molecule has 0 aromatic rings. The van der Waals surface area contributed by atoms with Crippen LogP contribution in [0.1, 0.15) is 0 Å². The molecule has 0 aliphatic rings. The third-order valence-corrected chi connectivity index (χ3v) is 1.17. The van der Waals surface area contributed by atoms with Crippen molar-refractivity contribution in [2.75, 3.05) is 6.61 Å². The zero-order valence-corrected chi connectivity index (χ0v) is 6.01. The summed E-state index contributed by atoms with van der Waals surface area (Å²) in [5.74, 6) is -1.61. The number of carboxylic acids is 1. The fraction of sp³-hybridized carbons (Fsp3) is 0.600. The summed E-state index contributed by atoms with van der Waals surface area (Å²) < 4.78 is 0. The Hall–Kier alpha value is -1.27. The summed E-state index contributed by atoms with van der Waals surface area (Å²) in [6.45, 7) is -0.798. The number of hydrogen-bond donors (Lipinski definition) is 5. The maximum atomic E-state index is 10.2. The third kappa shape index (κ3) is 2.40. The predicted molar refractivity (Wildman–Crippen MR) is 34.7 cm³/mol. The number of aliphatic hydroxyl groups is 3. The van der Waals surface area contributed by atoms with Gasteiger partial charge in [0, 0.05) is 0 Å². The number of nitrogens with one attached hydrogen (secondary N) is 1. The molecule has 0 bridgehead atoms. The summed E-state index contributed by atoms with van der Waals surface area (Å²) in [6, 6.07) is 0. The molecule has 68 valence electrons. The Balaban J connectivity index is 4.55. The van der Waals surface area contributed by atoms with Crippen LogP contribution in [0.25, 0.3) is 0 Å². The largest absolute Gasteiger partial charge is 0.472 e. The van der Waals surface area contributed by atoms with Crippen LogP contribution in [0.15, 0.2) is 0 Å². The van der Waals surface area contributed by atoms with Crippen molar-refractivity contribution in [3.05, 3.63) is 0 Å². The van der Waals surface area contributed by atoms with Gasteiger partial charge in [-0.05, 0) is 0 Å². The molecule has 2 atom stereocenters. The quantitative estimate of drug-likeness (QED) is 0.183. The van der Waals surface area contributed by atoms with Gasteiger partial charge >= 0.3 is 11.7 Å². The molecule has 0 amide bonds. The third-order valence-electron chi connectivity index (χ3n) is 1.17. The second-order valence-corrected chi connectivity index (χ2v) is 2.00. The van der Waals surface area contributed by atoms with Crippen molar-refractivity contribution in [1.29, 1.82) is 5.53 Å². The maximum absolute atomic E-state index is 10.2. The van der Waals surface area contributed by atoms with Gasteiger partial charge in [0.1, 0.15) is 6.10 Å². The predicted octanol–water partition coefficient (Wildman–Crippen LogP) is -2.53. The summed E-state index contributed by atoms with van der Waals surface area (Å²) in [6.07, 6.45) is -3.48. The lowest BCUT2D eigenvalue weighted by Gasteiger charge is -2.07. The highest BCUT2D eigenvalue weighted by molar-refractivity contribution is 6.34. The minimum atomic E-state index is -1.84. The van der Waals surface area contributed by atoms with Crippen molar-refractivity contribution in [1.82, 2.24) is 0 Å². The molecule has 5 N–H and O–H groups in total. The van der Waals surface area contributed by atoms with Gasteiger partial charge in [-0.3, -0.25) is 0 Å². The van der Waals surface area contributed by atoms with Gasteiger partial charge in [0.2, 0.25) is 0 Å². The van der Waals surface area contributed by atoms with E-state index in [0.29, 0.717) is 0 Å². The van der Waals surface area contributed by atoms with Gasteiger partial charge in [-0.15, -0.1) is 0 Å². The summed E-state index contributed by atoms with van der Waals surface area (Å²) >= 11 is 0. The van der Waals surface area contributed by atoms with E-state index < -0.39 is 30.5 Å². The number of aliphatic hydroxyl groups excluding tert-OH is 3. The van der Waals surface area contributed by atoms with E-state index in [1.54, 1.807) is 0 Å². The Morgan fingerprint density at radius 1 is 1.50 bits per heavy atom. The number of hydrogen-bond acceptors (Lipinski definition) is 5. The SMILES string of the molecule is N=[N+]=C(C(=O)O)C(O)C(O)CO. The Morgan fingerprint density at radius 2 is 2.00 bits per heavy atom. The molecule has 0 aromatic carbocycles. The van der Waals surface area contributed by atoms with Gasteiger partial charge in [0.15, 0.2) is 6.10 Å². The maximum Gasteiger partial charge on any atom is 0.455 e. The number of aliphatic carboxylic acids is 1. The zero-order valence-electron chi connectivity index (χ0n) is 6.01.